The highest BCUT2D eigenvalue weighted by Crippen LogP contribution is 2.27. The molecule has 0 radical (unpaired) electrons. The molecule has 0 aliphatic rings. The first-order chi connectivity index (χ1) is 18.4. The van der Waals surface area contributed by atoms with Gasteiger partial charge < -0.3 is 15.0 Å². The van der Waals surface area contributed by atoms with Crippen molar-refractivity contribution in [1.82, 2.24) is 10.2 Å². The summed E-state index contributed by atoms with van der Waals surface area (Å²) in [6, 6.07) is 17.3. The van der Waals surface area contributed by atoms with Gasteiger partial charge in [-0.2, -0.15) is 0 Å². The van der Waals surface area contributed by atoms with Crippen molar-refractivity contribution in [2.45, 2.75) is 51.2 Å². The van der Waals surface area contributed by atoms with Crippen molar-refractivity contribution in [3.05, 3.63) is 89.7 Å². The lowest BCUT2D eigenvalue weighted by molar-refractivity contribution is -0.139. The van der Waals surface area contributed by atoms with Crippen LogP contribution in [0.25, 0.3) is 0 Å². The van der Waals surface area contributed by atoms with Gasteiger partial charge in [0.25, 0.3) is 10.0 Å². The maximum Gasteiger partial charge on any atom is 0.264 e. The van der Waals surface area contributed by atoms with Crippen LogP contribution >= 0.6 is 0 Å². The molecule has 0 saturated heterocycles. The van der Waals surface area contributed by atoms with Crippen molar-refractivity contribution >= 4 is 27.5 Å². The van der Waals surface area contributed by atoms with Crippen molar-refractivity contribution in [3.63, 3.8) is 0 Å². The number of nitrogens with zero attached hydrogens (tertiary/aromatic N) is 2. The first-order valence-corrected chi connectivity index (χ1v) is 13.9. The zero-order valence-corrected chi connectivity index (χ0v) is 23.5. The Balaban J connectivity index is 2.05. The van der Waals surface area contributed by atoms with Gasteiger partial charge in [0, 0.05) is 12.6 Å². The summed E-state index contributed by atoms with van der Waals surface area (Å²) >= 11 is 0. The second kappa shape index (κ2) is 12.8. The van der Waals surface area contributed by atoms with Gasteiger partial charge in [-0.15, -0.1) is 0 Å². The van der Waals surface area contributed by atoms with Crippen LogP contribution in [-0.2, 0) is 26.2 Å². The number of carbonyl (C=O) groups excluding carboxylic acids is 2. The van der Waals surface area contributed by atoms with E-state index >= 15 is 0 Å². The Morgan fingerprint density at radius 1 is 0.974 bits per heavy atom. The summed E-state index contributed by atoms with van der Waals surface area (Å²) in [5, 5.41) is 2.79. The molecule has 0 unspecified atom stereocenters. The monoisotopic (exact) mass is 555 g/mol. The average Bonchev–Trinajstić information content (AvgIpc) is 2.90. The molecule has 1 atom stereocenters. The highest BCUT2D eigenvalue weighted by molar-refractivity contribution is 7.92. The van der Waals surface area contributed by atoms with Crippen LogP contribution in [0.4, 0.5) is 10.1 Å². The number of nitrogens with one attached hydrogen (secondary N) is 1. The third-order valence-corrected chi connectivity index (χ3v) is 7.87. The van der Waals surface area contributed by atoms with Gasteiger partial charge in [-0.05, 0) is 69.7 Å². The van der Waals surface area contributed by atoms with E-state index in [-0.39, 0.29) is 23.2 Å². The van der Waals surface area contributed by atoms with Crippen molar-refractivity contribution in [2.75, 3.05) is 18.0 Å². The molecule has 3 aromatic rings. The van der Waals surface area contributed by atoms with Crippen LogP contribution in [0.1, 0.15) is 31.9 Å². The minimum absolute atomic E-state index is 0.00158. The fourth-order valence-electron chi connectivity index (χ4n) is 3.96. The SMILES string of the molecule is COc1cccc(CN(C(=O)CN(c2ccccc2F)S(=O)(=O)c2ccc(C)cc2)[C@@H](C)C(=O)NC(C)C)c1. The lowest BCUT2D eigenvalue weighted by Crippen LogP contribution is -2.52. The molecule has 0 aliphatic heterocycles. The van der Waals surface area contributed by atoms with Crippen LogP contribution in [0.15, 0.2) is 77.7 Å². The summed E-state index contributed by atoms with van der Waals surface area (Å²) in [5.41, 5.74) is 1.25. The first-order valence-electron chi connectivity index (χ1n) is 12.5. The number of sulfonamides is 1. The van der Waals surface area contributed by atoms with Gasteiger partial charge in [0.1, 0.15) is 24.2 Å². The van der Waals surface area contributed by atoms with Crippen molar-refractivity contribution in [1.29, 1.82) is 0 Å². The van der Waals surface area contributed by atoms with Gasteiger partial charge in [0.05, 0.1) is 17.7 Å². The van der Waals surface area contributed by atoms with Crippen molar-refractivity contribution in [2.24, 2.45) is 0 Å². The minimum atomic E-state index is -4.35. The maximum atomic E-state index is 15.0. The van der Waals surface area contributed by atoms with E-state index in [1.54, 1.807) is 57.2 Å². The van der Waals surface area contributed by atoms with Crippen LogP contribution in [0.3, 0.4) is 0 Å². The molecule has 2 amide bonds. The highest BCUT2D eigenvalue weighted by atomic mass is 32.2. The number of anilines is 1. The zero-order chi connectivity index (χ0) is 28.7. The summed E-state index contributed by atoms with van der Waals surface area (Å²) < 4.78 is 48.5. The van der Waals surface area contributed by atoms with Gasteiger partial charge in [-0.25, -0.2) is 12.8 Å². The average molecular weight is 556 g/mol. The zero-order valence-electron chi connectivity index (χ0n) is 22.7. The predicted molar refractivity (Wildman–Crippen MR) is 148 cm³/mol. The van der Waals surface area contributed by atoms with Crippen LogP contribution in [0.2, 0.25) is 0 Å². The summed E-state index contributed by atoms with van der Waals surface area (Å²) in [6.07, 6.45) is 0. The number of aryl methyl sites for hydroxylation is 1. The van der Waals surface area contributed by atoms with Crippen molar-refractivity contribution in [3.8, 4) is 5.75 Å². The smallest absolute Gasteiger partial charge is 0.264 e. The number of methoxy groups -OCH3 is 1. The maximum absolute atomic E-state index is 15.0. The van der Waals surface area contributed by atoms with Crippen LogP contribution in [-0.4, -0.2) is 50.9 Å². The van der Waals surface area contributed by atoms with E-state index in [1.165, 1.54) is 42.3 Å². The number of halogens is 1. The molecule has 0 saturated carbocycles. The number of hydrogen-bond donors (Lipinski definition) is 1. The van der Waals surface area contributed by atoms with Crippen LogP contribution in [0.5, 0.6) is 5.75 Å². The first kappa shape index (κ1) is 29.6. The van der Waals surface area contributed by atoms with Gasteiger partial charge >= 0.3 is 0 Å². The number of benzene rings is 3. The molecule has 0 fully saturated rings. The van der Waals surface area contributed by atoms with Crippen LogP contribution < -0.4 is 14.4 Å². The van der Waals surface area contributed by atoms with E-state index < -0.39 is 40.2 Å². The van der Waals surface area contributed by atoms with E-state index in [1.807, 2.05) is 6.92 Å². The fourth-order valence-corrected chi connectivity index (χ4v) is 5.38. The Kier molecular flexibility index (Phi) is 9.69. The minimum Gasteiger partial charge on any atom is -0.497 e. The molecule has 0 heterocycles. The second-order valence-electron chi connectivity index (χ2n) is 9.49. The third kappa shape index (κ3) is 7.35. The molecule has 1 N–H and O–H groups in total. The predicted octanol–water partition coefficient (Wildman–Crippen LogP) is 4.28. The number of amides is 2. The fraction of sp³-hybridized carbons (Fsp3) is 0.310. The highest BCUT2D eigenvalue weighted by Gasteiger charge is 2.33. The molecule has 0 spiro atoms. The van der Waals surface area contributed by atoms with Gasteiger partial charge in [-0.1, -0.05) is 42.0 Å². The van der Waals surface area contributed by atoms with E-state index in [4.69, 9.17) is 4.74 Å². The molecule has 0 aromatic heterocycles. The second-order valence-corrected chi connectivity index (χ2v) is 11.4. The summed E-state index contributed by atoms with van der Waals surface area (Å²) in [7, 11) is -2.83. The summed E-state index contributed by atoms with van der Waals surface area (Å²) in [6.45, 7) is 6.25. The Labute approximate surface area is 229 Å². The summed E-state index contributed by atoms with van der Waals surface area (Å²) in [4.78, 5) is 28.0. The number of para-hydroxylation sites is 1. The van der Waals surface area contributed by atoms with Gasteiger partial charge in [0.2, 0.25) is 11.8 Å². The van der Waals surface area contributed by atoms with E-state index in [2.05, 4.69) is 5.32 Å². The summed E-state index contributed by atoms with van der Waals surface area (Å²) in [5.74, 6) is -1.32. The third-order valence-electron chi connectivity index (χ3n) is 6.09. The lowest BCUT2D eigenvalue weighted by Gasteiger charge is -2.32. The molecule has 208 valence electrons. The molecule has 10 heteroatoms. The Morgan fingerprint density at radius 3 is 2.26 bits per heavy atom. The molecule has 0 aliphatic carbocycles. The molecule has 3 rings (SSSR count). The number of carbonyl (C=O) groups is 2. The number of ether oxygens (including phenoxy) is 1. The van der Waals surface area contributed by atoms with Gasteiger partial charge in [-0.3, -0.25) is 13.9 Å². The standard InChI is InChI=1S/C29H34FN3O5S/c1-20(2)31-29(35)22(4)32(18-23-9-8-10-24(17-23)38-5)28(34)19-33(27-12-7-6-11-26(27)30)39(36,37)25-15-13-21(3)14-16-25/h6-17,20,22H,18-19H2,1-5H3,(H,31,35)/t22-/m0/s1. The quantitative estimate of drug-likeness (QED) is 0.381. The number of hydrogen-bond acceptors (Lipinski definition) is 5. The molecular formula is C29H34FN3O5S. The molecule has 0 bridgehead atoms. The molecular weight excluding hydrogens is 521 g/mol. The normalized spacial score (nSPS) is 12.1. The van der Waals surface area contributed by atoms with E-state index in [0.717, 1.165) is 15.9 Å². The number of rotatable bonds is 11. The molecule has 39 heavy (non-hydrogen) atoms. The molecule has 8 nitrogen and oxygen atoms in total. The Morgan fingerprint density at radius 2 is 1.64 bits per heavy atom. The van der Waals surface area contributed by atoms with E-state index in [9.17, 15) is 22.4 Å². The largest absolute Gasteiger partial charge is 0.497 e. The van der Waals surface area contributed by atoms with E-state index in [0.29, 0.717) is 11.3 Å². The van der Waals surface area contributed by atoms with Crippen molar-refractivity contribution < 1.29 is 27.1 Å². The van der Waals surface area contributed by atoms with Gasteiger partial charge in [0.15, 0.2) is 0 Å². The molecule has 3 aromatic carbocycles. The Hall–Kier alpha value is -3.92. The Bertz CT molecular complexity index is 1410. The van der Waals surface area contributed by atoms with Crippen LogP contribution in [0, 0.1) is 12.7 Å². The topological polar surface area (TPSA) is 96.0 Å². The lowest BCUT2D eigenvalue weighted by atomic mass is 10.1.